The molecule has 4 heteroatoms. The monoisotopic (exact) mass is 290 g/mol. The topological polar surface area (TPSA) is 68.3 Å². The van der Waals surface area contributed by atoms with E-state index in [1.807, 2.05) is 39.0 Å². The summed E-state index contributed by atoms with van der Waals surface area (Å²) < 4.78 is 11.5. The molecular weight excluding hydrogens is 264 g/mol. The lowest BCUT2D eigenvalue weighted by molar-refractivity contribution is 0.257. The average molecular weight is 290 g/mol. The van der Waals surface area contributed by atoms with Crippen molar-refractivity contribution in [2.75, 3.05) is 19.8 Å². The molecule has 0 radical (unpaired) electrons. The van der Waals surface area contributed by atoms with E-state index in [1.165, 1.54) is 0 Å². The fourth-order valence-corrected chi connectivity index (χ4v) is 2.09. The van der Waals surface area contributed by atoms with E-state index in [1.54, 1.807) is 0 Å². The van der Waals surface area contributed by atoms with Gasteiger partial charge in [0, 0.05) is 0 Å². The lowest BCUT2D eigenvalue weighted by Crippen LogP contribution is -2.11. The first-order chi connectivity index (χ1) is 10.0. The summed E-state index contributed by atoms with van der Waals surface area (Å²) in [5.74, 6) is 1.56. The number of benzene rings is 1. The molecule has 1 rings (SSSR count). The molecule has 0 spiro atoms. The smallest absolute Gasteiger partial charge is 0.164 e. The Hall–Kier alpha value is -1.73. The molecule has 21 heavy (non-hydrogen) atoms. The summed E-state index contributed by atoms with van der Waals surface area (Å²) >= 11 is 0. The van der Waals surface area contributed by atoms with E-state index in [4.69, 9.17) is 20.5 Å². The van der Waals surface area contributed by atoms with Crippen LogP contribution in [0.4, 0.5) is 0 Å². The molecule has 0 saturated carbocycles. The molecule has 0 aliphatic carbocycles. The SMILES string of the molecule is CCOc1cccc(CCN)c1OCCCC(C)(C)C#N. The number of nitrogens with two attached hydrogens (primary N) is 1. The van der Waals surface area contributed by atoms with E-state index in [-0.39, 0.29) is 5.41 Å². The van der Waals surface area contributed by atoms with Gasteiger partial charge >= 0.3 is 0 Å². The Morgan fingerprint density at radius 2 is 2.05 bits per heavy atom. The largest absolute Gasteiger partial charge is 0.490 e. The third-order valence-corrected chi connectivity index (χ3v) is 3.27. The van der Waals surface area contributed by atoms with Gasteiger partial charge in [-0.1, -0.05) is 12.1 Å². The van der Waals surface area contributed by atoms with Gasteiger partial charge in [-0.2, -0.15) is 5.26 Å². The molecule has 0 unspecified atom stereocenters. The molecule has 0 bridgehead atoms. The van der Waals surface area contributed by atoms with Gasteiger partial charge in [-0.25, -0.2) is 0 Å². The fourth-order valence-electron chi connectivity index (χ4n) is 2.09. The lowest BCUT2D eigenvalue weighted by atomic mass is 9.90. The van der Waals surface area contributed by atoms with Crippen molar-refractivity contribution >= 4 is 0 Å². The highest BCUT2D eigenvalue weighted by Crippen LogP contribution is 2.32. The maximum atomic E-state index is 9.01. The standard InChI is InChI=1S/C17H26N2O2/c1-4-20-15-8-5-7-14(9-11-18)16(15)21-12-6-10-17(2,3)13-19/h5,7-8H,4,6,9-12,18H2,1-3H3. The predicted molar refractivity (Wildman–Crippen MR) is 84.5 cm³/mol. The Morgan fingerprint density at radius 1 is 1.29 bits per heavy atom. The first-order valence-electron chi connectivity index (χ1n) is 7.53. The zero-order valence-electron chi connectivity index (χ0n) is 13.3. The maximum Gasteiger partial charge on any atom is 0.164 e. The van der Waals surface area contributed by atoms with Crippen LogP contribution in [0, 0.1) is 16.7 Å². The minimum absolute atomic E-state index is 0.303. The number of hydrogen-bond donors (Lipinski definition) is 1. The molecule has 0 heterocycles. The number of nitriles is 1. The van der Waals surface area contributed by atoms with Gasteiger partial charge in [-0.3, -0.25) is 0 Å². The summed E-state index contributed by atoms with van der Waals surface area (Å²) in [5, 5.41) is 9.01. The molecule has 0 amide bonds. The molecule has 1 aromatic rings. The van der Waals surface area contributed by atoms with E-state index in [9.17, 15) is 0 Å². The lowest BCUT2D eigenvalue weighted by Gasteiger charge is -2.18. The Bertz CT molecular complexity index is 454. The highest BCUT2D eigenvalue weighted by Gasteiger charge is 2.16. The van der Waals surface area contributed by atoms with Crippen LogP contribution in [0.5, 0.6) is 11.5 Å². The van der Waals surface area contributed by atoms with Crippen LogP contribution in [0.25, 0.3) is 0 Å². The van der Waals surface area contributed by atoms with E-state index in [0.29, 0.717) is 19.8 Å². The van der Waals surface area contributed by atoms with Gasteiger partial charge in [0.1, 0.15) is 0 Å². The van der Waals surface area contributed by atoms with E-state index < -0.39 is 0 Å². The quantitative estimate of drug-likeness (QED) is 0.709. The van der Waals surface area contributed by atoms with Crippen molar-refractivity contribution in [1.29, 1.82) is 5.26 Å². The highest BCUT2D eigenvalue weighted by atomic mass is 16.5. The molecule has 116 valence electrons. The van der Waals surface area contributed by atoms with Crippen molar-refractivity contribution in [3.8, 4) is 17.6 Å². The second kappa shape index (κ2) is 8.53. The van der Waals surface area contributed by atoms with Crippen molar-refractivity contribution < 1.29 is 9.47 Å². The number of rotatable bonds is 9. The van der Waals surface area contributed by atoms with Gasteiger partial charge in [0.05, 0.1) is 24.7 Å². The van der Waals surface area contributed by atoms with Crippen molar-refractivity contribution in [2.24, 2.45) is 11.1 Å². The summed E-state index contributed by atoms with van der Waals surface area (Å²) in [7, 11) is 0. The molecule has 0 atom stereocenters. The highest BCUT2D eigenvalue weighted by molar-refractivity contribution is 5.46. The van der Waals surface area contributed by atoms with Crippen LogP contribution in [-0.4, -0.2) is 19.8 Å². The first kappa shape index (κ1) is 17.3. The number of hydrogen-bond acceptors (Lipinski definition) is 4. The zero-order valence-corrected chi connectivity index (χ0v) is 13.3. The third-order valence-electron chi connectivity index (χ3n) is 3.27. The number of nitrogens with zero attached hydrogens (tertiary/aromatic N) is 1. The van der Waals surface area contributed by atoms with Crippen LogP contribution >= 0.6 is 0 Å². The third kappa shape index (κ3) is 5.65. The number of ether oxygens (including phenoxy) is 2. The van der Waals surface area contributed by atoms with Crippen LogP contribution in [0.2, 0.25) is 0 Å². The van der Waals surface area contributed by atoms with Crippen LogP contribution in [0.3, 0.4) is 0 Å². The summed E-state index contributed by atoms with van der Waals surface area (Å²) in [6.45, 7) is 7.60. The summed E-state index contributed by atoms with van der Waals surface area (Å²) in [4.78, 5) is 0. The molecule has 0 fully saturated rings. The maximum absolute atomic E-state index is 9.01. The molecule has 1 aromatic carbocycles. The normalized spacial score (nSPS) is 11.0. The first-order valence-corrected chi connectivity index (χ1v) is 7.53. The second-order valence-electron chi connectivity index (χ2n) is 5.66. The molecule has 4 nitrogen and oxygen atoms in total. The van der Waals surface area contributed by atoms with Gasteiger partial charge in [-0.05, 0) is 58.2 Å². The molecular formula is C17H26N2O2. The summed E-state index contributed by atoms with van der Waals surface area (Å²) in [5.41, 5.74) is 6.42. The summed E-state index contributed by atoms with van der Waals surface area (Å²) in [6, 6.07) is 8.20. The van der Waals surface area contributed by atoms with Crippen molar-refractivity contribution in [3.05, 3.63) is 23.8 Å². The summed E-state index contributed by atoms with van der Waals surface area (Å²) in [6.07, 6.45) is 2.41. The van der Waals surface area contributed by atoms with Crippen molar-refractivity contribution in [1.82, 2.24) is 0 Å². The van der Waals surface area contributed by atoms with Gasteiger partial charge in [0.2, 0.25) is 0 Å². The van der Waals surface area contributed by atoms with E-state index >= 15 is 0 Å². The minimum atomic E-state index is -0.303. The molecule has 0 aromatic heterocycles. The number of para-hydroxylation sites is 1. The fraction of sp³-hybridized carbons (Fsp3) is 0.588. The second-order valence-corrected chi connectivity index (χ2v) is 5.66. The van der Waals surface area contributed by atoms with E-state index in [0.717, 1.165) is 36.3 Å². The molecule has 0 saturated heterocycles. The zero-order chi connectivity index (χ0) is 15.7. The van der Waals surface area contributed by atoms with Gasteiger partial charge in [0.15, 0.2) is 11.5 Å². The van der Waals surface area contributed by atoms with Gasteiger partial charge < -0.3 is 15.2 Å². The van der Waals surface area contributed by atoms with Crippen molar-refractivity contribution in [3.63, 3.8) is 0 Å². The van der Waals surface area contributed by atoms with Crippen LogP contribution < -0.4 is 15.2 Å². The Balaban J connectivity index is 2.69. The van der Waals surface area contributed by atoms with Gasteiger partial charge in [0.25, 0.3) is 0 Å². The molecule has 0 aliphatic rings. The molecule has 0 aliphatic heterocycles. The molecule has 2 N–H and O–H groups in total. The van der Waals surface area contributed by atoms with Gasteiger partial charge in [-0.15, -0.1) is 0 Å². The predicted octanol–water partition coefficient (Wildman–Crippen LogP) is 3.30. The Labute approximate surface area is 127 Å². The van der Waals surface area contributed by atoms with Crippen LogP contribution in [0.15, 0.2) is 18.2 Å². The van der Waals surface area contributed by atoms with Crippen LogP contribution in [0.1, 0.15) is 39.2 Å². The average Bonchev–Trinajstić information content (AvgIpc) is 2.46. The minimum Gasteiger partial charge on any atom is -0.490 e. The van der Waals surface area contributed by atoms with Crippen molar-refractivity contribution in [2.45, 2.75) is 40.0 Å². The van der Waals surface area contributed by atoms with E-state index in [2.05, 4.69) is 6.07 Å². The van der Waals surface area contributed by atoms with Crippen LogP contribution in [-0.2, 0) is 6.42 Å². The Kier molecular flexibility index (Phi) is 7.04. The Morgan fingerprint density at radius 3 is 2.67 bits per heavy atom.